The van der Waals surface area contributed by atoms with E-state index in [1.165, 1.54) is 12.8 Å². The maximum Gasteiger partial charge on any atom is 0.151 e. The van der Waals surface area contributed by atoms with Crippen molar-refractivity contribution in [2.24, 2.45) is 5.92 Å². The Bertz CT molecular complexity index is 222. The molecule has 0 amide bonds. The molecule has 0 spiro atoms. The Morgan fingerprint density at radius 1 is 1.46 bits per heavy atom. The minimum Gasteiger partial charge on any atom is -0.361 e. The Kier molecular flexibility index (Phi) is 1.99. The van der Waals surface area contributed by atoms with Gasteiger partial charge in [-0.25, -0.2) is 0 Å². The number of hydrogen-bond acceptors (Lipinski definition) is 2. The van der Waals surface area contributed by atoms with E-state index in [-0.39, 0.29) is 5.60 Å². The molecule has 2 rings (SSSR count). The first-order valence-corrected chi connectivity index (χ1v) is 5.31. The van der Waals surface area contributed by atoms with E-state index in [2.05, 4.69) is 6.92 Å². The molecule has 0 N–H and O–H groups in total. The van der Waals surface area contributed by atoms with Crippen molar-refractivity contribution in [3.63, 3.8) is 0 Å². The Balaban J connectivity index is 2.12. The standard InChI is InChI=1S/C11H18O2/c1-3-11(9-4-5-9)7-6-10(2,8-12)13-11/h8-9H,3-7H2,1-2H3. The Labute approximate surface area is 79.7 Å². The molecule has 0 aromatic carbocycles. The van der Waals surface area contributed by atoms with Gasteiger partial charge in [0.25, 0.3) is 0 Å². The van der Waals surface area contributed by atoms with Crippen LogP contribution in [-0.4, -0.2) is 17.5 Å². The highest BCUT2D eigenvalue weighted by Crippen LogP contribution is 2.52. The van der Waals surface area contributed by atoms with Crippen molar-refractivity contribution in [2.75, 3.05) is 0 Å². The van der Waals surface area contributed by atoms with Crippen LogP contribution in [0.3, 0.4) is 0 Å². The van der Waals surface area contributed by atoms with Crippen molar-refractivity contribution in [1.29, 1.82) is 0 Å². The predicted octanol–water partition coefficient (Wildman–Crippen LogP) is 2.31. The maximum absolute atomic E-state index is 10.9. The lowest BCUT2D eigenvalue weighted by Gasteiger charge is -2.30. The highest BCUT2D eigenvalue weighted by atomic mass is 16.5. The molecular weight excluding hydrogens is 164 g/mol. The fourth-order valence-corrected chi connectivity index (χ4v) is 2.54. The minimum absolute atomic E-state index is 0.0513. The maximum atomic E-state index is 10.9. The molecule has 2 unspecified atom stereocenters. The van der Waals surface area contributed by atoms with Crippen LogP contribution in [0.15, 0.2) is 0 Å². The molecule has 0 radical (unpaired) electrons. The summed E-state index contributed by atoms with van der Waals surface area (Å²) in [5.41, 5.74) is -0.436. The number of rotatable bonds is 3. The summed E-state index contributed by atoms with van der Waals surface area (Å²) < 4.78 is 5.99. The second-order valence-corrected chi connectivity index (χ2v) is 4.73. The second kappa shape index (κ2) is 2.81. The van der Waals surface area contributed by atoms with Gasteiger partial charge < -0.3 is 9.53 Å². The van der Waals surface area contributed by atoms with Crippen molar-refractivity contribution in [3.8, 4) is 0 Å². The third kappa shape index (κ3) is 1.41. The summed E-state index contributed by atoms with van der Waals surface area (Å²) in [6, 6.07) is 0. The first-order chi connectivity index (χ1) is 6.14. The second-order valence-electron chi connectivity index (χ2n) is 4.73. The number of carbonyl (C=O) groups is 1. The highest BCUT2D eigenvalue weighted by Gasteiger charge is 2.53. The minimum atomic E-state index is -0.487. The summed E-state index contributed by atoms with van der Waals surface area (Å²) in [5.74, 6) is 0.735. The lowest BCUT2D eigenvalue weighted by Crippen LogP contribution is -2.36. The average molecular weight is 182 g/mol. The molecule has 1 aliphatic heterocycles. The molecule has 2 fully saturated rings. The van der Waals surface area contributed by atoms with Gasteiger partial charge >= 0.3 is 0 Å². The fourth-order valence-electron chi connectivity index (χ4n) is 2.54. The Hall–Kier alpha value is -0.370. The van der Waals surface area contributed by atoms with Crippen LogP contribution >= 0.6 is 0 Å². The molecule has 13 heavy (non-hydrogen) atoms. The summed E-state index contributed by atoms with van der Waals surface area (Å²) in [4.78, 5) is 10.9. The van der Waals surface area contributed by atoms with E-state index in [0.29, 0.717) is 0 Å². The first-order valence-electron chi connectivity index (χ1n) is 5.31. The van der Waals surface area contributed by atoms with Crippen LogP contribution in [0.1, 0.15) is 46.0 Å². The zero-order valence-electron chi connectivity index (χ0n) is 8.51. The molecule has 1 heterocycles. The van der Waals surface area contributed by atoms with Gasteiger partial charge in [0, 0.05) is 0 Å². The molecule has 2 atom stereocenters. The van der Waals surface area contributed by atoms with Crippen LogP contribution in [0.5, 0.6) is 0 Å². The van der Waals surface area contributed by atoms with Crippen molar-refractivity contribution < 1.29 is 9.53 Å². The van der Waals surface area contributed by atoms with E-state index in [9.17, 15) is 4.79 Å². The quantitative estimate of drug-likeness (QED) is 0.626. The molecule has 2 nitrogen and oxygen atoms in total. The number of ether oxygens (including phenoxy) is 1. The van der Waals surface area contributed by atoms with E-state index in [4.69, 9.17) is 4.74 Å². The van der Waals surface area contributed by atoms with Crippen LogP contribution in [0, 0.1) is 5.92 Å². The first kappa shape index (κ1) is 9.20. The van der Waals surface area contributed by atoms with E-state index in [0.717, 1.165) is 31.5 Å². The molecule has 2 aliphatic rings. The van der Waals surface area contributed by atoms with Crippen LogP contribution in [0.4, 0.5) is 0 Å². The van der Waals surface area contributed by atoms with Gasteiger partial charge in [-0.3, -0.25) is 0 Å². The topological polar surface area (TPSA) is 26.3 Å². The third-order valence-corrected chi connectivity index (χ3v) is 3.65. The highest BCUT2D eigenvalue weighted by molar-refractivity contribution is 5.62. The normalized spacial score (nSPS) is 45.1. The molecule has 1 saturated carbocycles. The summed E-state index contributed by atoms with van der Waals surface area (Å²) >= 11 is 0. The van der Waals surface area contributed by atoms with Gasteiger partial charge in [-0.05, 0) is 44.9 Å². The Morgan fingerprint density at radius 2 is 2.15 bits per heavy atom. The van der Waals surface area contributed by atoms with Gasteiger partial charge in [0.15, 0.2) is 6.29 Å². The Morgan fingerprint density at radius 3 is 2.54 bits per heavy atom. The summed E-state index contributed by atoms with van der Waals surface area (Å²) in [6.45, 7) is 4.09. The van der Waals surface area contributed by atoms with E-state index in [1.807, 2.05) is 6.92 Å². The van der Waals surface area contributed by atoms with E-state index >= 15 is 0 Å². The summed E-state index contributed by atoms with van der Waals surface area (Å²) in [5, 5.41) is 0. The smallest absolute Gasteiger partial charge is 0.151 e. The molecular formula is C11H18O2. The molecule has 0 aromatic heterocycles. The number of aldehydes is 1. The van der Waals surface area contributed by atoms with Gasteiger partial charge in [0.05, 0.1) is 5.60 Å². The zero-order chi connectivity index (χ0) is 9.53. The summed E-state index contributed by atoms with van der Waals surface area (Å²) in [6.07, 6.45) is 6.60. The average Bonchev–Trinajstić information content (AvgIpc) is 2.93. The van der Waals surface area contributed by atoms with Gasteiger partial charge in [-0.2, -0.15) is 0 Å². The van der Waals surface area contributed by atoms with E-state index < -0.39 is 5.60 Å². The molecule has 2 heteroatoms. The van der Waals surface area contributed by atoms with Gasteiger partial charge in [0.1, 0.15) is 5.60 Å². The van der Waals surface area contributed by atoms with Gasteiger partial charge in [0.2, 0.25) is 0 Å². The molecule has 0 aromatic rings. The van der Waals surface area contributed by atoms with Crippen LogP contribution in [0.2, 0.25) is 0 Å². The van der Waals surface area contributed by atoms with Crippen LogP contribution in [0.25, 0.3) is 0 Å². The number of hydrogen-bond donors (Lipinski definition) is 0. The van der Waals surface area contributed by atoms with E-state index in [1.54, 1.807) is 0 Å². The van der Waals surface area contributed by atoms with Crippen molar-refractivity contribution in [2.45, 2.75) is 57.2 Å². The fraction of sp³-hybridized carbons (Fsp3) is 0.909. The lowest BCUT2D eigenvalue weighted by molar-refractivity contribution is -0.141. The third-order valence-electron chi connectivity index (χ3n) is 3.65. The molecule has 1 aliphatic carbocycles. The summed E-state index contributed by atoms with van der Waals surface area (Å²) in [7, 11) is 0. The van der Waals surface area contributed by atoms with Gasteiger partial charge in [-0.15, -0.1) is 0 Å². The van der Waals surface area contributed by atoms with Crippen molar-refractivity contribution in [3.05, 3.63) is 0 Å². The van der Waals surface area contributed by atoms with Crippen LogP contribution < -0.4 is 0 Å². The molecule has 1 saturated heterocycles. The zero-order valence-corrected chi connectivity index (χ0v) is 8.51. The predicted molar refractivity (Wildman–Crippen MR) is 50.5 cm³/mol. The molecule has 74 valence electrons. The van der Waals surface area contributed by atoms with Crippen LogP contribution in [-0.2, 0) is 9.53 Å². The van der Waals surface area contributed by atoms with Gasteiger partial charge in [-0.1, -0.05) is 6.92 Å². The largest absolute Gasteiger partial charge is 0.361 e. The van der Waals surface area contributed by atoms with Crippen molar-refractivity contribution >= 4 is 6.29 Å². The lowest BCUT2D eigenvalue weighted by atomic mass is 9.90. The number of carbonyl (C=O) groups excluding carboxylic acids is 1. The SMILES string of the molecule is CCC1(C2CC2)CCC(C)(C=O)O1. The monoisotopic (exact) mass is 182 g/mol. The molecule has 0 bridgehead atoms. The van der Waals surface area contributed by atoms with Crippen molar-refractivity contribution in [1.82, 2.24) is 0 Å².